The summed E-state index contributed by atoms with van der Waals surface area (Å²) in [5.41, 5.74) is 0.0200. The van der Waals surface area contributed by atoms with Crippen LogP contribution in [0.4, 0.5) is 19.7 Å². The van der Waals surface area contributed by atoms with Gasteiger partial charge < -0.3 is 14.7 Å². The number of ether oxygens (including phenoxy) is 1. The predicted octanol–water partition coefficient (Wildman–Crippen LogP) is 4.51. The highest BCUT2D eigenvalue weighted by Gasteiger charge is 2.37. The lowest BCUT2D eigenvalue weighted by atomic mass is 9.93. The van der Waals surface area contributed by atoms with E-state index in [-0.39, 0.29) is 27.4 Å². The van der Waals surface area contributed by atoms with Crippen molar-refractivity contribution in [2.24, 2.45) is 11.3 Å². The number of nitrogens with zero attached hydrogens (tertiary/aromatic N) is 5. The van der Waals surface area contributed by atoms with Gasteiger partial charge >= 0.3 is 0 Å². The zero-order valence-electron chi connectivity index (χ0n) is 21.0. The molecule has 1 aliphatic carbocycles. The summed E-state index contributed by atoms with van der Waals surface area (Å²) in [6.45, 7) is 4.59. The fraction of sp³-hybridized carbons (Fsp3) is 0.423. The molecule has 3 aromatic heterocycles. The van der Waals surface area contributed by atoms with E-state index in [0.717, 1.165) is 24.2 Å². The Morgan fingerprint density at radius 3 is 2.68 bits per heavy atom. The van der Waals surface area contributed by atoms with Gasteiger partial charge in [-0.2, -0.15) is 0 Å². The maximum atomic E-state index is 13.6. The number of aliphatic hydroxyl groups is 1. The van der Waals surface area contributed by atoms with Crippen LogP contribution < -0.4 is 15.0 Å². The predicted molar refractivity (Wildman–Crippen MR) is 138 cm³/mol. The van der Waals surface area contributed by atoms with Crippen molar-refractivity contribution in [2.75, 3.05) is 23.9 Å². The van der Waals surface area contributed by atoms with Crippen LogP contribution in [0.1, 0.15) is 60.6 Å². The maximum Gasteiger partial charge on any atom is 0.280 e. The van der Waals surface area contributed by atoms with Gasteiger partial charge in [0.25, 0.3) is 12.3 Å². The second-order valence-corrected chi connectivity index (χ2v) is 11.1. The average Bonchev–Trinajstić information content (AvgIpc) is 3.54. The molecular formula is C26H26F2N6O3S. The molecule has 2 aliphatic rings. The summed E-state index contributed by atoms with van der Waals surface area (Å²) in [7, 11) is 1.39. The third-order valence-electron chi connectivity index (χ3n) is 6.35. The molecule has 3 aromatic rings. The van der Waals surface area contributed by atoms with Crippen LogP contribution in [0.2, 0.25) is 0 Å². The Kier molecular flexibility index (Phi) is 6.98. The van der Waals surface area contributed by atoms with E-state index >= 15 is 0 Å². The van der Waals surface area contributed by atoms with Crippen molar-refractivity contribution in [1.29, 1.82) is 0 Å². The van der Waals surface area contributed by atoms with Crippen molar-refractivity contribution in [3.05, 3.63) is 40.8 Å². The van der Waals surface area contributed by atoms with Crippen LogP contribution in [0, 0.1) is 23.2 Å². The van der Waals surface area contributed by atoms with Crippen molar-refractivity contribution in [1.82, 2.24) is 20.2 Å². The van der Waals surface area contributed by atoms with E-state index < -0.39 is 24.3 Å². The van der Waals surface area contributed by atoms with Gasteiger partial charge in [0.05, 0.1) is 18.9 Å². The molecule has 198 valence electrons. The standard InChI is InChI=1S/C26H26F2N6O3S/c1-26(2)10-22(35)34(13-26)20-9-15(16-8-18(23(27)28)29-12-19(16)37-3)17(11-30-20)24(36)31-25-33-32-21(38-25)7-6-14-4-5-14/h8-9,11-12,14,22-23,35H,4-5,10,13H2,1-3H3,(H,31,33,36). The van der Waals surface area contributed by atoms with Crippen molar-refractivity contribution < 1.29 is 23.4 Å². The first-order valence-corrected chi connectivity index (χ1v) is 12.9. The molecule has 38 heavy (non-hydrogen) atoms. The summed E-state index contributed by atoms with van der Waals surface area (Å²) in [5, 5.41) is 22.1. The molecule has 0 radical (unpaired) electrons. The Balaban J connectivity index is 1.54. The Morgan fingerprint density at radius 2 is 2.03 bits per heavy atom. The van der Waals surface area contributed by atoms with Crippen molar-refractivity contribution in [2.45, 2.75) is 45.8 Å². The summed E-state index contributed by atoms with van der Waals surface area (Å²) < 4.78 is 32.5. The van der Waals surface area contributed by atoms with Gasteiger partial charge in [-0.25, -0.2) is 13.8 Å². The molecule has 4 heterocycles. The highest BCUT2D eigenvalue weighted by atomic mass is 32.1. The number of rotatable bonds is 6. The molecule has 1 aliphatic heterocycles. The van der Waals surface area contributed by atoms with Gasteiger partial charge in [-0.3, -0.25) is 15.1 Å². The minimum absolute atomic E-state index is 0.104. The third-order valence-corrected chi connectivity index (χ3v) is 7.10. The largest absolute Gasteiger partial charge is 0.494 e. The lowest BCUT2D eigenvalue weighted by Crippen LogP contribution is -2.30. The zero-order valence-corrected chi connectivity index (χ0v) is 21.9. The van der Waals surface area contributed by atoms with Crippen molar-refractivity contribution in [3.63, 3.8) is 0 Å². The van der Waals surface area contributed by atoms with Crippen molar-refractivity contribution in [3.8, 4) is 28.7 Å². The van der Waals surface area contributed by atoms with Gasteiger partial charge in [-0.15, -0.1) is 10.2 Å². The van der Waals surface area contributed by atoms with Crippen LogP contribution >= 0.6 is 11.3 Å². The van der Waals surface area contributed by atoms with E-state index in [1.807, 2.05) is 13.8 Å². The number of aromatic nitrogens is 4. The summed E-state index contributed by atoms with van der Waals surface area (Å²) in [4.78, 5) is 23.3. The molecule has 1 saturated heterocycles. The Labute approximate surface area is 222 Å². The van der Waals surface area contributed by atoms with Crippen LogP contribution in [0.5, 0.6) is 5.75 Å². The molecule has 2 fully saturated rings. The number of nitrogens with one attached hydrogen (secondary N) is 1. The number of alkyl halides is 2. The first kappa shape index (κ1) is 25.9. The first-order chi connectivity index (χ1) is 18.1. The molecule has 5 rings (SSSR count). The van der Waals surface area contributed by atoms with Crippen molar-refractivity contribution >= 4 is 28.2 Å². The summed E-state index contributed by atoms with van der Waals surface area (Å²) in [6.07, 6.45) is 1.64. The molecule has 1 saturated carbocycles. The van der Waals surface area contributed by atoms with Crippen LogP contribution in [0.25, 0.3) is 11.1 Å². The van der Waals surface area contributed by atoms with Gasteiger partial charge in [0.15, 0.2) is 5.01 Å². The van der Waals surface area contributed by atoms with Gasteiger partial charge in [0.2, 0.25) is 5.13 Å². The molecular weight excluding hydrogens is 514 g/mol. The SMILES string of the molecule is COc1cnc(C(F)F)cc1-c1cc(N2CC(C)(C)CC2O)ncc1C(=O)Nc1nnc(C#CC2CC2)s1. The minimum Gasteiger partial charge on any atom is -0.494 e. The number of aliphatic hydroxyl groups excluding tert-OH is 1. The monoisotopic (exact) mass is 540 g/mol. The third kappa shape index (κ3) is 5.58. The van der Waals surface area contributed by atoms with Crippen LogP contribution in [-0.4, -0.2) is 51.1 Å². The molecule has 0 aromatic carbocycles. The minimum atomic E-state index is -2.82. The number of anilines is 2. The Morgan fingerprint density at radius 1 is 1.24 bits per heavy atom. The van der Waals surface area contributed by atoms with E-state index in [0.29, 0.717) is 35.3 Å². The van der Waals surface area contributed by atoms with E-state index in [9.17, 15) is 18.7 Å². The molecule has 1 atom stereocenters. The number of halogens is 2. The summed E-state index contributed by atoms with van der Waals surface area (Å²) >= 11 is 1.14. The molecule has 12 heteroatoms. The first-order valence-electron chi connectivity index (χ1n) is 12.1. The van der Waals surface area contributed by atoms with Gasteiger partial charge in [0, 0.05) is 29.8 Å². The zero-order chi connectivity index (χ0) is 27.0. The molecule has 2 N–H and O–H groups in total. The number of hydrogen-bond acceptors (Lipinski definition) is 9. The van der Waals surface area contributed by atoms with Crippen LogP contribution in [-0.2, 0) is 0 Å². The fourth-order valence-electron chi connectivity index (χ4n) is 4.31. The number of carbonyl (C=O) groups excluding carboxylic acids is 1. The molecule has 0 spiro atoms. The number of pyridine rings is 2. The van der Waals surface area contributed by atoms with Gasteiger partial charge in [-0.1, -0.05) is 31.1 Å². The molecule has 1 amide bonds. The lowest BCUT2D eigenvalue weighted by Gasteiger charge is -2.24. The number of carbonyl (C=O) groups is 1. The van der Waals surface area contributed by atoms with Crippen LogP contribution in [0.3, 0.4) is 0 Å². The highest BCUT2D eigenvalue weighted by molar-refractivity contribution is 7.15. The van der Waals surface area contributed by atoms with E-state index in [1.54, 1.807) is 11.0 Å². The topological polar surface area (TPSA) is 113 Å². The Bertz CT molecular complexity index is 1430. The fourth-order valence-corrected chi connectivity index (χ4v) is 4.91. The molecule has 0 bridgehead atoms. The molecule has 9 nitrogen and oxygen atoms in total. The molecule has 1 unspecified atom stereocenters. The van der Waals surface area contributed by atoms with E-state index in [1.165, 1.54) is 25.6 Å². The maximum absolute atomic E-state index is 13.6. The van der Waals surface area contributed by atoms with Gasteiger partial charge in [0.1, 0.15) is 23.5 Å². The van der Waals surface area contributed by atoms with Crippen LogP contribution in [0.15, 0.2) is 24.5 Å². The van der Waals surface area contributed by atoms with E-state index in [2.05, 4.69) is 37.3 Å². The quantitative estimate of drug-likeness (QED) is 0.439. The second kappa shape index (κ2) is 10.2. The lowest BCUT2D eigenvalue weighted by molar-refractivity contribution is 0.102. The summed E-state index contributed by atoms with van der Waals surface area (Å²) in [6, 6.07) is 2.79. The summed E-state index contributed by atoms with van der Waals surface area (Å²) in [5.74, 6) is 6.52. The van der Waals surface area contributed by atoms with E-state index in [4.69, 9.17) is 4.74 Å². The number of methoxy groups -OCH3 is 1. The number of hydrogen-bond donors (Lipinski definition) is 2. The van der Waals surface area contributed by atoms with Gasteiger partial charge in [-0.05, 0) is 42.7 Å². The normalized spacial score (nSPS) is 18.3. The second-order valence-electron chi connectivity index (χ2n) is 10.1. The average molecular weight is 541 g/mol. The number of amides is 1. The Hall–Kier alpha value is -3.69. The smallest absolute Gasteiger partial charge is 0.280 e. The highest BCUT2D eigenvalue weighted by Crippen LogP contribution is 2.40.